The molecule has 0 spiro atoms. The second-order valence-electron chi connectivity index (χ2n) is 17.7. The average Bonchev–Trinajstić information content (AvgIpc) is 3.97. The Hall–Kier alpha value is -4.40. The van der Waals surface area contributed by atoms with Crippen molar-refractivity contribution >= 4 is 44.6 Å². The van der Waals surface area contributed by atoms with Crippen molar-refractivity contribution in [3.63, 3.8) is 0 Å². The predicted octanol–water partition coefficient (Wildman–Crippen LogP) is 5.89. The van der Waals surface area contributed by atoms with E-state index >= 15 is 0 Å². The standard InChI is InChI=1S/C41H57N5O9S.3H2/c1-24(2)53-32-20-27-14-10-12-16-30(27)35(42-32)54-29-21-31-34(47)44-41(37(49)45-56(51,52)40(8)17-18-40)22-28(41)15-11-9-13-25(3)19-26(4)33(36(48)46(31)23-29)43-38(50)55-39(5,6)7;;;/h10-12,14-16,20,24-26,28-29,31,33H,9,13,17-19,21-23H2,1-8H3,(H,43,50)(H,44,47)(H,45,49);3*1H/b15-11-;;;/t25-,26-,28-,29-,31+,33+,41-;;;/m1.../s1. The molecule has 2 aromatic rings. The quantitative estimate of drug-likeness (QED) is 0.273. The van der Waals surface area contributed by atoms with Crippen LogP contribution in [0, 0.1) is 17.8 Å². The fourth-order valence-corrected chi connectivity index (χ4v) is 9.04. The summed E-state index contributed by atoms with van der Waals surface area (Å²) in [4.78, 5) is 62.7. The Balaban J connectivity index is 0.00000310. The second-order valence-corrected chi connectivity index (χ2v) is 19.9. The fourth-order valence-electron chi connectivity index (χ4n) is 7.72. The number of benzene rings is 1. The monoisotopic (exact) mass is 801 g/mol. The number of amides is 4. The van der Waals surface area contributed by atoms with Gasteiger partial charge in [-0.25, -0.2) is 13.2 Å². The van der Waals surface area contributed by atoms with Crippen molar-refractivity contribution < 1.29 is 46.1 Å². The van der Waals surface area contributed by atoms with Crippen LogP contribution >= 0.6 is 0 Å². The summed E-state index contributed by atoms with van der Waals surface area (Å²) in [6.07, 6.45) is 5.32. The van der Waals surface area contributed by atoms with E-state index in [2.05, 4.69) is 27.3 Å². The third-order valence-corrected chi connectivity index (χ3v) is 13.4. The Kier molecular flexibility index (Phi) is 11.4. The van der Waals surface area contributed by atoms with Gasteiger partial charge in [0.2, 0.25) is 33.6 Å². The molecule has 0 unspecified atom stereocenters. The number of pyridine rings is 1. The Morgan fingerprint density at radius 1 is 1.11 bits per heavy atom. The van der Waals surface area contributed by atoms with Crippen molar-refractivity contribution in [2.75, 3.05) is 6.54 Å². The molecule has 2 aliphatic carbocycles. The number of aromatic nitrogens is 1. The lowest BCUT2D eigenvalue weighted by molar-refractivity contribution is -0.142. The summed E-state index contributed by atoms with van der Waals surface area (Å²) < 4.78 is 45.7. The molecule has 3 heterocycles. The summed E-state index contributed by atoms with van der Waals surface area (Å²) >= 11 is 0. The van der Waals surface area contributed by atoms with Crippen molar-refractivity contribution in [3.05, 3.63) is 42.5 Å². The first-order valence-corrected chi connectivity index (χ1v) is 21.3. The van der Waals surface area contributed by atoms with E-state index < -0.39 is 73.8 Å². The minimum absolute atomic E-state index is 0. The molecule has 6 rings (SSSR count). The highest BCUT2D eigenvalue weighted by molar-refractivity contribution is 7.91. The maximum absolute atomic E-state index is 14.8. The molecule has 312 valence electrons. The lowest BCUT2D eigenvalue weighted by Gasteiger charge is -2.33. The summed E-state index contributed by atoms with van der Waals surface area (Å²) in [5.41, 5.74) is -2.36. The number of ether oxygens (including phenoxy) is 3. The summed E-state index contributed by atoms with van der Waals surface area (Å²) in [5.74, 6) is -1.96. The first-order chi connectivity index (χ1) is 26.2. The molecular formula is C41H63N5O9S. The van der Waals surface area contributed by atoms with Crippen molar-refractivity contribution in [2.24, 2.45) is 17.8 Å². The van der Waals surface area contributed by atoms with Crippen LogP contribution in [0.1, 0.15) is 105 Å². The molecule has 15 heteroatoms. The largest absolute Gasteiger partial charge is 0.475 e. The lowest BCUT2D eigenvalue weighted by atomic mass is 9.88. The molecule has 0 radical (unpaired) electrons. The van der Waals surface area contributed by atoms with E-state index in [1.165, 1.54) is 4.90 Å². The molecule has 2 saturated carbocycles. The highest BCUT2D eigenvalue weighted by atomic mass is 32.2. The van der Waals surface area contributed by atoms with Gasteiger partial charge in [-0.3, -0.25) is 19.1 Å². The van der Waals surface area contributed by atoms with Gasteiger partial charge in [0, 0.05) is 28.1 Å². The third kappa shape index (κ3) is 9.08. The van der Waals surface area contributed by atoms with Crippen LogP contribution < -0.4 is 24.8 Å². The van der Waals surface area contributed by atoms with Gasteiger partial charge >= 0.3 is 6.09 Å². The fraction of sp³-hybridized carbons (Fsp3) is 0.634. The number of allylic oxidation sites excluding steroid dienone is 1. The van der Waals surface area contributed by atoms with E-state index in [1.807, 2.05) is 63.3 Å². The number of fused-ring (bicyclic) bond motifs is 3. The Bertz CT molecular complexity index is 2010. The van der Waals surface area contributed by atoms with Gasteiger partial charge < -0.3 is 29.7 Å². The number of carbonyl (C=O) groups is 4. The Morgan fingerprint density at radius 2 is 1.82 bits per heavy atom. The molecule has 14 nitrogen and oxygen atoms in total. The second kappa shape index (κ2) is 15.5. The molecule has 3 N–H and O–H groups in total. The van der Waals surface area contributed by atoms with Gasteiger partial charge in [-0.15, -0.1) is 0 Å². The number of nitrogens with zero attached hydrogens (tertiary/aromatic N) is 2. The predicted molar refractivity (Wildman–Crippen MR) is 217 cm³/mol. The maximum Gasteiger partial charge on any atom is 0.408 e. The summed E-state index contributed by atoms with van der Waals surface area (Å²) in [7, 11) is -4.00. The molecule has 56 heavy (non-hydrogen) atoms. The zero-order chi connectivity index (χ0) is 40.8. The topological polar surface area (TPSA) is 182 Å². The summed E-state index contributed by atoms with van der Waals surface area (Å²) in [6.45, 7) is 14.5. The molecular weight excluding hydrogens is 739 g/mol. The zero-order valence-corrected chi connectivity index (χ0v) is 34.5. The van der Waals surface area contributed by atoms with E-state index in [0.717, 1.165) is 11.8 Å². The van der Waals surface area contributed by atoms with Gasteiger partial charge in [0.25, 0.3) is 5.91 Å². The van der Waals surface area contributed by atoms with Gasteiger partial charge in [0.15, 0.2) is 0 Å². The molecule has 1 saturated heterocycles. The van der Waals surface area contributed by atoms with Crippen LogP contribution in [0.15, 0.2) is 42.5 Å². The number of hydrogen-bond acceptors (Lipinski definition) is 10. The van der Waals surface area contributed by atoms with Crippen molar-refractivity contribution in [2.45, 2.75) is 141 Å². The molecule has 0 bridgehead atoms. The zero-order valence-electron chi connectivity index (χ0n) is 33.7. The molecule has 2 aliphatic heterocycles. The van der Waals surface area contributed by atoms with Crippen LogP contribution in [-0.2, 0) is 29.1 Å². The molecule has 4 amide bonds. The Morgan fingerprint density at radius 3 is 2.50 bits per heavy atom. The average molecular weight is 802 g/mol. The SMILES string of the molecule is CC(C)Oc1cc2ccccc2c(O[C@@H]2C[C@H]3C(=O)N[C@]4(C(=O)NS(=O)(=O)C5(C)CC5)C[C@H]4/C=C\CC[C@@H](C)C[C@@H](C)[C@H](NC(=O)OC(C)(C)C)C(=O)N3C2)n1.[HH].[HH].[HH]. The van der Waals surface area contributed by atoms with Crippen LogP contribution in [0.25, 0.3) is 10.8 Å². The number of sulfonamides is 1. The van der Waals surface area contributed by atoms with E-state index in [9.17, 15) is 27.6 Å². The van der Waals surface area contributed by atoms with Gasteiger partial charge in [0.05, 0.1) is 17.4 Å². The summed E-state index contributed by atoms with van der Waals surface area (Å²) in [5, 5.41) is 7.27. The first-order valence-electron chi connectivity index (χ1n) is 19.8. The van der Waals surface area contributed by atoms with Crippen LogP contribution in [0.5, 0.6) is 11.8 Å². The number of carbonyl (C=O) groups excluding carboxylic acids is 4. The molecule has 3 fully saturated rings. The molecule has 4 aliphatic rings. The van der Waals surface area contributed by atoms with E-state index in [1.54, 1.807) is 27.7 Å². The number of nitrogens with one attached hydrogen (secondary N) is 3. The highest BCUT2D eigenvalue weighted by Gasteiger charge is 2.63. The maximum atomic E-state index is 14.8. The molecule has 1 aromatic carbocycles. The third-order valence-electron chi connectivity index (χ3n) is 11.2. The van der Waals surface area contributed by atoms with Crippen molar-refractivity contribution in [3.8, 4) is 11.8 Å². The van der Waals surface area contributed by atoms with Crippen molar-refractivity contribution in [1.82, 2.24) is 25.2 Å². The van der Waals surface area contributed by atoms with Gasteiger partial charge in [-0.2, -0.15) is 4.98 Å². The summed E-state index contributed by atoms with van der Waals surface area (Å²) in [6, 6.07) is 7.16. The molecule has 7 atom stereocenters. The van der Waals surface area contributed by atoms with Crippen molar-refractivity contribution in [1.29, 1.82) is 0 Å². The minimum atomic E-state index is -4.00. The number of rotatable bonds is 8. The van der Waals surface area contributed by atoms with Gasteiger partial charge in [0.1, 0.15) is 29.3 Å². The molecule has 1 aromatic heterocycles. The van der Waals surface area contributed by atoms with Crippen LogP contribution in [0.2, 0.25) is 0 Å². The van der Waals surface area contributed by atoms with E-state index in [0.29, 0.717) is 36.9 Å². The normalized spacial score (nSPS) is 29.8. The lowest BCUT2D eigenvalue weighted by Crippen LogP contribution is -2.59. The van der Waals surface area contributed by atoms with Gasteiger partial charge in [-0.1, -0.05) is 44.2 Å². The van der Waals surface area contributed by atoms with Crippen LogP contribution in [0.4, 0.5) is 4.79 Å². The first kappa shape index (κ1) is 41.2. The number of alkyl carbamates (subject to hydrolysis) is 1. The minimum Gasteiger partial charge on any atom is -0.475 e. The Labute approximate surface area is 334 Å². The van der Waals surface area contributed by atoms with Gasteiger partial charge in [-0.05, 0) is 103 Å². The number of hydrogen-bond donors (Lipinski definition) is 3. The van der Waals surface area contributed by atoms with Crippen LogP contribution in [0.3, 0.4) is 0 Å². The smallest absolute Gasteiger partial charge is 0.408 e. The van der Waals surface area contributed by atoms with E-state index in [4.69, 9.17) is 14.2 Å². The van der Waals surface area contributed by atoms with Crippen LogP contribution in [-0.4, -0.2) is 88.8 Å². The highest BCUT2D eigenvalue weighted by Crippen LogP contribution is 2.47. The van der Waals surface area contributed by atoms with E-state index in [-0.39, 0.29) is 47.5 Å².